The van der Waals surface area contributed by atoms with Gasteiger partial charge in [-0.2, -0.15) is 0 Å². The number of hydrogen-bond donors (Lipinski definition) is 3. The van der Waals surface area contributed by atoms with Gasteiger partial charge in [-0.15, -0.1) is 0 Å². The van der Waals surface area contributed by atoms with E-state index in [9.17, 15) is 9.90 Å². The van der Waals surface area contributed by atoms with Crippen LogP contribution < -0.4 is 10.6 Å². The van der Waals surface area contributed by atoms with Gasteiger partial charge >= 0.3 is 0 Å². The fraction of sp³-hybridized carbons (Fsp3) is 0.500. The fourth-order valence-corrected chi connectivity index (χ4v) is 2.84. The molecule has 0 saturated heterocycles. The van der Waals surface area contributed by atoms with E-state index in [1.165, 1.54) is 0 Å². The molecular formula is C14H20Br2N2O2. The van der Waals surface area contributed by atoms with Crippen molar-refractivity contribution in [1.29, 1.82) is 0 Å². The molecule has 3 N–H and O–H groups in total. The van der Waals surface area contributed by atoms with E-state index in [1.54, 1.807) is 0 Å². The van der Waals surface area contributed by atoms with Crippen LogP contribution in [0.5, 0.6) is 5.75 Å². The lowest BCUT2D eigenvalue weighted by Gasteiger charge is -2.09. The Labute approximate surface area is 136 Å². The van der Waals surface area contributed by atoms with Crippen molar-refractivity contribution in [3.8, 4) is 5.75 Å². The van der Waals surface area contributed by atoms with Crippen molar-refractivity contribution in [3.63, 3.8) is 0 Å². The molecule has 0 saturated carbocycles. The molecule has 0 heterocycles. The summed E-state index contributed by atoms with van der Waals surface area (Å²) in [5.41, 5.74) is 1.03. The molecule has 1 amide bonds. The van der Waals surface area contributed by atoms with Crippen LogP contribution in [0.3, 0.4) is 0 Å². The number of phenolic OH excluding ortho intramolecular Hbond substituents is 1. The number of hydrogen-bond acceptors (Lipinski definition) is 3. The number of carbonyl (C=O) groups excluding carboxylic acids is 1. The van der Waals surface area contributed by atoms with Crippen molar-refractivity contribution >= 4 is 37.8 Å². The van der Waals surface area contributed by atoms with Crippen LogP contribution in [0.4, 0.5) is 0 Å². The quantitative estimate of drug-likeness (QED) is 0.608. The Morgan fingerprint density at radius 3 is 2.45 bits per heavy atom. The molecule has 0 atom stereocenters. The van der Waals surface area contributed by atoms with Gasteiger partial charge in [-0.25, -0.2) is 0 Å². The summed E-state index contributed by atoms with van der Waals surface area (Å²) in [4.78, 5) is 11.5. The van der Waals surface area contributed by atoms with Crippen molar-refractivity contribution in [2.24, 2.45) is 5.92 Å². The maximum absolute atomic E-state index is 11.5. The third-order valence-corrected chi connectivity index (χ3v) is 3.85. The third kappa shape index (κ3) is 6.24. The third-order valence-electron chi connectivity index (χ3n) is 2.64. The minimum Gasteiger partial charge on any atom is -0.506 e. The number of phenols is 1. The average molecular weight is 408 g/mol. The Morgan fingerprint density at radius 2 is 1.90 bits per heavy atom. The second-order valence-electron chi connectivity index (χ2n) is 5.03. The predicted molar refractivity (Wildman–Crippen MR) is 87.7 cm³/mol. The standard InChI is InChI=1S/C14H20Br2N2O2/c1-9(2)7-18-13(19)3-4-17-8-10-5-11(15)14(20)12(16)6-10/h5-6,9,17,20H,3-4,7-8H2,1-2H3,(H,18,19). The highest BCUT2D eigenvalue weighted by molar-refractivity contribution is 9.11. The summed E-state index contributed by atoms with van der Waals surface area (Å²) in [5.74, 6) is 0.736. The van der Waals surface area contributed by atoms with Crippen LogP contribution in [0, 0.1) is 5.92 Å². The van der Waals surface area contributed by atoms with Gasteiger partial charge in [0.2, 0.25) is 5.91 Å². The summed E-state index contributed by atoms with van der Waals surface area (Å²) < 4.78 is 1.30. The van der Waals surface area contributed by atoms with E-state index in [1.807, 2.05) is 12.1 Å². The molecule has 0 fully saturated rings. The molecule has 20 heavy (non-hydrogen) atoms. The zero-order chi connectivity index (χ0) is 15.1. The highest BCUT2D eigenvalue weighted by Crippen LogP contribution is 2.33. The highest BCUT2D eigenvalue weighted by atomic mass is 79.9. The number of benzene rings is 1. The first-order valence-corrected chi connectivity index (χ1v) is 8.13. The monoisotopic (exact) mass is 406 g/mol. The maximum atomic E-state index is 11.5. The molecule has 0 aliphatic rings. The van der Waals surface area contributed by atoms with E-state index in [4.69, 9.17) is 0 Å². The zero-order valence-electron chi connectivity index (χ0n) is 11.7. The van der Waals surface area contributed by atoms with Gasteiger partial charge in [-0.1, -0.05) is 13.8 Å². The maximum Gasteiger partial charge on any atom is 0.221 e. The van der Waals surface area contributed by atoms with Crippen molar-refractivity contribution in [2.75, 3.05) is 13.1 Å². The van der Waals surface area contributed by atoms with Gasteiger partial charge in [0.25, 0.3) is 0 Å². The molecular weight excluding hydrogens is 388 g/mol. The lowest BCUT2D eigenvalue weighted by Crippen LogP contribution is -2.30. The van der Waals surface area contributed by atoms with Gasteiger partial charge < -0.3 is 15.7 Å². The van der Waals surface area contributed by atoms with Crippen LogP contribution in [-0.4, -0.2) is 24.1 Å². The first kappa shape index (κ1) is 17.5. The molecule has 0 unspecified atom stereocenters. The van der Waals surface area contributed by atoms with Crippen LogP contribution in [0.25, 0.3) is 0 Å². The predicted octanol–water partition coefficient (Wildman–Crippen LogP) is 3.17. The van der Waals surface area contributed by atoms with Crippen molar-refractivity contribution in [2.45, 2.75) is 26.8 Å². The number of rotatable bonds is 7. The van der Waals surface area contributed by atoms with Crippen LogP contribution in [0.15, 0.2) is 21.1 Å². The van der Waals surface area contributed by atoms with Crippen LogP contribution in [-0.2, 0) is 11.3 Å². The minimum absolute atomic E-state index is 0.0688. The number of aromatic hydroxyl groups is 1. The van der Waals surface area contributed by atoms with Gasteiger partial charge in [0, 0.05) is 26.1 Å². The summed E-state index contributed by atoms with van der Waals surface area (Å²) in [7, 11) is 0. The molecule has 0 aliphatic carbocycles. The molecule has 112 valence electrons. The summed E-state index contributed by atoms with van der Waals surface area (Å²) >= 11 is 6.58. The largest absolute Gasteiger partial charge is 0.506 e. The number of halogens is 2. The number of nitrogens with one attached hydrogen (secondary N) is 2. The molecule has 1 rings (SSSR count). The summed E-state index contributed by atoms with van der Waals surface area (Å²) in [6, 6.07) is 3.71. The minimum atomic E-state index is 0.0688. The topological polar surface area (TPSA) is 61.4 Å². The molecule has 0 spiro atoms. The number of amides is 1. The van der Waals surface area contributed by atoms with E-state index in [0.717, 1.165) is 12.1 Å². The highest BCUT2D eigenvalue weighted by Gasteiger charge is 2.06. The molecule has 1 aromatic carbocycles. The van der Waals surface area contributed by atoms with Gasteiger partial charge in [0.15, 0.2) is 0 Å². The Bertz CT molecular complexity index is 441. The SMILES string of the molecule is CC(C)CNC(=O)CCNCc1cc(Br)c(O)c(Br)c1. The Morgan fingerprint density at radius 1 is 1.30 bits per heavy atom. The Hall–Kier alpha value is -0.590. The summed E-state index contributed by atoms with van der Waals surface area (Å²) in [6.45, 7) is 6.13. The van der Waals surface area contributed by atoms with E-state index in [2.05, 4.69) is 56.3 Å². The average Bonchev–Trinajstić information content (AvgIpc) is 2.38. The summed E-state index contributed by atoms with van der Waals surface area (Å²) in [6.07, 6.45) is 0.465. The lowest BCUT2D eigenvalue weighted by molar-refractivity contribution is -0.121. The van der Waals surface area contributed by atoms with Crippen molar-refractivity contribution < 1.29 is 9.90 Å². The molecule has 1 aromatic rings. The van der Waals surface area contributed by atoms with Gasteiger partial charge in [0.05, 0.1) is 8.95 Å². The van der Waals surface area contributed by atoms with Gasteiger partial charge in [0.1, 0.15) is 5.75 Å². The molecule has 0 aromatic heterocycles. The normalized spacial score (nSPS) is 10.8. The fourth-order valence-electron chi connectivity index (χ4n) is 1.56. The van der Waals surface area contributed by atoms with E-state index in [-0.39, 0.29) is 11.7 Å². The molecule has 4 nitrogen and oxygen atoms in total. The van der Waals surface area contributed by atoms with E-state index in [0.29, 0.717) is 34.4 Å². The second kappa shape index (κ2) is 8.64. The molecule has 0 bridgehead atoms. The Kier molecular flexibility index (Phi) is 7.55. The number of carbonyl (C=O) groups is 1. The first-order valence-electron chi connectivity index (χ1n) is 6.54. The van der Waals surface area contributed by atoms with E-state index < -0.39 is 0 Å². The molecule has 0 aliphatic heterocycles. The smallest absolute Gasteiger partial charge is 0.221 e. The van der Waals surface area contributed by atoms with Gasteiger partial charge in [-0.3, -0.25) is 4.79 Å². The van der Waals surface area contributed by atoms with Gasteiger partial charge in [-0.05, 0) is 55.5 Å². The van der Waals surface area contributed by atoms with Crippen LogP contribution in [0.1, 0.15) is 25.8 Å². The molecule has 0 radical (unpaired) electrons. The van der Waals surface area contributed by atoms with Crippen LogP contribution >= 0.6 is 31.9 Å². The van der Waals surface area contributed by atoms with Crippen LogP contribution in [0.2, 0.25) is 0 Å². The Balaban J connectivity index is 2.29. The van der Waals surface area contributed by atoms with E-state index >= 15 is 0 Å². The lowest BCUT2D eigenvalue weighted by atomic mass is 10.2. The first-order chi connectivity index (χ1) is 9.40. The molecule has 6 heteroatoms. The zero-order valence-corrected chi connectivity index (χ0v) is 14.8. The van der Waals surface area contributed by atoms with Crippen molar-refractivity contribution in [1.82, 2.24) is 10.6 Å². The summed E-state index contributed by atoms with van der Waals surface area (Å²) in [5, 5.41) is 15.7. The second-order valence-corrected chi connectivity index (χ2v) is 6.74. The van der Waals surface area contributed by atoms with Crippen molar-refractivity contribution in [3.05, 3.63) is 26.6 Å².